The number of nitrogens with zero attached hydrogens (tertiary/aromatic N) is 1. The molecule has 19 heavy (non-hydrogen) atoms. The van der Waals surface area contributed by atoms with Gasteiger partial charge in [-0.25, -0.2) is 0 Å². The molecule has 0 fully saturated rings. The van der Waals surface area contributed by atoms with Crippen LogP contribution >= 0.6 is 27.3 Å². The fraction of sp³-hybridized carbons (Fsp3) is 0.231. The molecule has 2 rings (SSSR count). The van der Waals surface area contributed by atoms with Gasteiger partial charge >= 0.3 is 0 Å². The molecule has 0 spiro atoms. The quantitative estimate of drug-likeness (QED) is 0.648. The molecular weight excluding hydrogens is 328 g/mol. The Bertz CT molecular complexity index is 598. The zero-order chi connectivity index (χ0) is 13.8. The molecule has 6 heteroatoms. The third-order valence-electron chi connectivity index (χ3n) is 2.66. The lowest BCUT2D eigenvalue weighted by Crippen LogP contribution is -2.06. The summed E-state index contributed by atoms with van der Waals surface area (Å²) in [5.74, 6) is 0. The Kier molecular flexibility index (Phi) is 4.55. The second-order valence-electron chi connectivity index (χ2n) is 4.16. The van der Waals surface area contributed by atoms with E-state index in [1.165, 1.54) is 4.88 Å². The Morgan fingerprint density at radius 1 is 1.37 bits per heavy atom. The second kappa shape index (κ2) is 6.16. The summed E-state index contributed by atoms with van der Waals surface area (Å²) in [6.07, 6.45) is 0.849. The standard InChI is InChI=1S/C13H13BrN2O2S/c1-9-2-4-12(16(17)18)11(8-9)15-7-6-10-3-5-13(14)19-10/h2-5,8,15H,6-7H2,1H3. The van der Waals surface area contributed by atoms with Crippen LogP contribution in [0.4, 0.5) is 11.4 Å². The number of anilines is 1. The Morgan fingerprint density at radius 2 is 2.16 bits per heavy atom. The van der Waals surface area contributed by atoms with Crippen molar-refractivity contribution in [2.24, 2.45) is 0 Å². The zero-order valence-electron chi connectivity index (χ0n) is 10.4. The summed E-state index contributed by atoms with van der Waals surface area (Å²) in [7, 11) is 0. The fourth-order valence-electron chi connectivity index (χ4n) is 1.76. The predicted molar refractivity (Wildman–Crippen MR) is 82.0 cm³/mol. The van der Waals surface area contributed by atoms with Gasteiger partial charge in [-0.15, -0.1) is 11.3 Å². The molecule has 2 aromatic rings. The van der Waals surface area contributed by atoms with Crippen LogP contribution in [0.2, 0.25) is 0 Å². The maximum atomic E-state index is 10.9. The van der Waals surface area contributed by atoms with Crippen molar-refractivity contribution in [1.82, 2.24) is 0 Å². The van der Waals surface area contributed by atoms with Crippen LogP contribution in [0.1, 0.15) is 10.4 Å². The van der Waals surface area contributed by atoms with Gasteiger partial charge in [-0.05, 0) is 53.0 Å². The van der Waals surface area contributed by atoms with E-state index in [1.807, 2.05) is 19.1 Å². The molecule has 1 aromatic heterocycles. The van der Waals surface area contributed by atoms with Crippen molar-refractivity contribution in [3.63, 3.8) is 0 Å². The van der Waals surface area contributed by atoms with Gasteiger partial charge in [0.2, 0.25) is 0 Å². The summed E-state index contributed by atoms with van der Waals surface area (Å²) in [6, 6.07) is 9.16. The van der Waals surface area contributed by atoms with Crippen molar-refractivity contribution in [2.75, 3.05) is 11.9 Å². The van der Waals surface area contributed by atoms with E-state index in [2.05, 4.69) is 27.3 Å². The third kappa shape index (κ3) is 3.78. The van der Waals surface area contributed by atoms with Crippen LogP contribution in [0.25, 0.3) is 0 Å². The van der Waals surface area contributed by atoms with Crippen molar-refractivity contribution in [3.05, 3.63) is 54.7 Å². The highest BCUT2D eigenvalue weighted by atomic mass is 79.9. The molecule has 0 aliphatic heterocycles. The van der Waals surface area contributed by atoms with Gasteiger partial charge in [0.05, 0.1) is 8.71 Å². The molecule has 0 amide bonds. The van der Waals surface area contributed by atoms with Crippen LogP contribution in [0.5, 0.6) is 0 Å². The SMILES string of the molecule is Cc1ccc([N+](=O)[O-])c(NCCc2ccc(Br)s2)c1. The molecule has 100 valence electrons. The van der Waals surface area contributed by atoms with Crippen LogP contribution in [-0.2, 0) is 6.42 Å². The molecule has 0 unspecified atom stereocenters. The van der Waals surface area contributed by atoms with E-state index >= 15 is 0 Å². The van der Waals surface area contributed by atoms with E-state index in [4.69, 9.17) is 0 Å². The Balaban J connectivity index is 2.02. The number of hydrogen-bond acceptors (Lipinski definition) is 4. The van der Waals surface area contributed by atoms with Crippen molar-refractivity contribution >= 4 is 38.6 Å². The van der Waals surface area contributed by atoms with Crippen LogP contribution in [-0.4, -0.2) is 11.5 Å². The summed E-state index contributed by atoms with van der Waals surface area (Å²) in [5.41, 5.74) is 1.71. The summed E-state index contributed by atoms with van der Waals surface area (Å²) in [6.45, 7) is 2.60. The average molecular weight is 341 g/mol. The molecule has 1 heterocycles. The molecule has 0 aliphatic carbocycles. The maximum absolute atomic E-state index is 10.9. The number of hydrogen-bond donors (Lipinski definition) is 1. The van der Waals surface area contributed by atoms with E-state index in [9.17, 15) is 10.1 Å². The van der Waals surface area contributed by atoms with Gasteiger partial charge in [0.1, 0.15) is 5.69 Å². The van der Waals surface area contributed by atoms with Crippen LogP contribution < -0.4 is 5.32 Å². The summed E-state index contributed by atoms with van der Waals surface area (Å²) >= 11 is 5.10. The molecule has 0 aliphatic rings. The van der Waals surface area contributed by atoms with Gasteiger partial charge < -0.3 is 5.32 Å². The van der Waals surface area contributed by atoms with Gasteiger partial charge in [0.15, 0.2) is 0 Å². The third-order valence-corrected chi connectivity index (χ3v) is 4.35. The first-order valence-corrected chi connectivity index (χ1v) is 7.40. The van der Waals surface area contributed by atoms with Gasteiger partial charge in [0.25, 0.3) is 5.69 Å². The minimum atomic E-state index is -0.358. The molecule has 0 radical (unpaired) electrons. The van der Waals surface area contributed by atoms with Gasteiger partial charge in [-0.3, -0.25) is 10.1 Å². The lowest BCUT2D eigenvalue weighted by molar-refractivity contribution is -0.384. The van der Waals surface area contributed by atoms with Crippen LogP contribution in [0.3, 0.4) is 0 Å². The summed E-state index contributed by atoms with van der Waals surface area (Å²) < 4.78 is 1.10. The Labute approximate surface area is 123 Å². The minimum Gasteiger partial charge on any atom is -0.379 e. The topological polar surface area (TPSA) is 55.2 Å². The van der Waals surface area contributed by atoms with Gasteiger partial charge in [-0.2, -0.15) is 0 Å². The maximum Gasteiger partial charge on any atom is 0.292 e. The molecule has 0 saturated carbocycles. The lowest BCUT2D eigenvalue weighted by atomic mass is 10.2. The highest BCUT2D eigenvalue weighted by Gasteiger charge is 2.12. The monoisotopic (exact) mass is 340 g/mol. The first-order chi connectivity index (χ1) is 9.06. The van der Waals surface area contributed by atoms with Crippen LogP contribution in [0.15, 0.2) is 34.1 Å². The molecule has 0 saturated heterocycles. The van der Waals surface area contributed by atoms with Crippen molar-refractivity contribution < 1.29 is 4.92 Å². The van der Waals surface area contributed by atoms with Crippen molar-refractivity contribution in [2.45, 2.75) is 13.3 Å². The number of halogens is 1. The predicted octanol–water partition coefficient (Wildman–Crippen LogP) is 4.38. The van der Waals surface area contributed by atoms with Crippen molar-refractivity contribution in [3.8, 4) is 0 Å². The number of benzene rings is 1. The number of aryl methyl sites for hydroxylation is 1. The summed E-state index contributed by atoms with van der Waals surface area (Å²) in [4.78, 5) is 11.8. The number of rotatable bonds is 5. The lowest BCUT2D eigenvalue weighted by Gasteiger charge is -2.07. The smallest absolute Gasteiger partial charge is 0.292 e. The molecule has 1 aromatic carbocycles. The van der Waals surface area contributed by atoms with E-state index in [0.717, 1.165) is 15.8 Å². The number of thiophene rings is 1. The fourth-order valence-corrected chi connectivity index (χ4v) is 3.24. The molecule has 4 nitrogen and oxygen atoms in total. The summed E-state index contributed by atoms with van der Waals surface area (Å²) in [5, 5.41) is 14.1. The number of nitro benzene ring substituents is 1. The molecule has 0 bridgehead atoms. The second-order valence-corrected chi connectivity index (χ2v) is 6.71. The van der Waals surface area contributed by atoms with E-state index in [-0.39, 0.29) is 10.6 Å². The first kappa shape index (κ1) is 14.0. The Hall–Kier alpha value is -1.40. The first-order valence-electron chi connectivity index (χ1n) is 5.79. The van der Waals surface area contributed by atoms with Gasteiger partial charge in [-0.1, -0.05) is 6.07 Å². The highest BCUT2D eigenvalue weighted by Crippen LogP contribution is 2.26. The number of nitro groups is 1. The minimum absolute atomic E-state index is 0.123. The van der Waals surface area contributed by atoms with E-state index < -0.39 is 0 Å². The molecule has 1 N–H and O–H groups in total. The normalized spacial score (nSPS) is 10.4. The largest absolute Gasteiger partial charge is 0.379 e. The number of nitrogens with one attached hydrogen (secondary N) is 1. The zero-order valence-corrected chi connectivity index (χ0v) is 12.8. The van der Waals surface area contributed by atoms with Crippen LogP contribution in [0, 0.1) is 17.0 Å². The Morgan fingerprint density at radius 3 is 2.79 bits per heavy atom. The van der Waals surface area contributed by atoms with E-state index in [1.54, 1.807) is 23.5 Å². The molecule has 0 atom stereocenters. The van der Waals surface area contributed by atoms with Crippen molar-refractivity contribution in [1.29, 1.82) is 0 Å². The average Bonchev–Trinajstić information content (AvgIpc) is 2.75. The van der Waals surface area contributed by atoms with E-state index in [0.29, 0.717) is 12.2 Å². The highest BCUT2D eigenvalue weighted by molar-refractivity contribution is 9.11. The van der Waals surface area contributed by atoms with Gasteiger partial charge in [0, 0.05) is 17.5 Å². The molecular formula is C13H13BrN2O2S.